The topological polar surface area (TPSA) is 55.8 Å². The van der Waals surface area contributed by atoms with Crippen molar-refractivity contribution in [1.29, 1.82) is 0 Å². The molecule has 0 radical (unpaired) electrons. The molecule has 2 amide bonds. The van der Waals surface area contributed by atoms with E-state index in [1.54, 1.807) is 55.6 Å². The minimum atomic E-state index is -0.351. The molecule has 1 heterocycles. The number of imide groups is 1. The van der Waals surface area contributed by atoms with Crippen LogP contribution in [0.1, 0.15) is 19.4 Å². The van der Waals surface area contributed by atoms with Gasteiger partial charge in [0.05, 0.1) is 29.4 Å². The number of carbonyl (C=O) groups is 2. The number of hydrogen-bond donors (Lipinski definition) is 0. The van der Waals surface area contributed by atoms with Gasteiger partial charge in [-0.15, -0.1) is 0 Å². The second-order valence-corrected chi connectivity index (χ2v) is 8.54. The summed E-state index contributed by atoms with van der Waals surface area (Å²) < 4.78 is 10.9. The smallest absolute Gasteiger partial charge is 0.272 e. The fourth-order valence-corrected chi connectivity index (χ4v) is 4.42. The Labute approximate surface area is 191 Å². The normalized spacial score (nSPS) is 13.8. The number of ether oxygens (including phenoxy) is 2. The quantitative estimate of drug-likeness (QED) is 0.446. The van der Waals surface area contributed by atoms with Crippen molar-refractivity contribution in [3.8, 4) is 11.5 Å². The van der Waals surface area contributed by atoms with Crippen LogP contribution in [0, 0.1) is 0 Å². The van der Waals surface area contributed by atoms with Gasteiger partial charge in [0.25, 0.3) is 11.8 Å². The van der Waals surface area contributed by atoms with Gasteiger partial charge in [-0.1, -0.05) is 42.1 Å². The second-order valence-electron chi connectivity index (χ2n) is 7.45. The van der Waals surface area contributed by atoms with Crippen LogP contribution in [-0.4, -0.2) is 25.0 Å². The first-order valence-corrected chi connectivity index (χ1v) is 11.1. The lowest BCUT2D eigenvalue weighted by molar-refractivity contribution is -0.119. The average molecular weight is 446 g/mol. The van der Waals surface area contributed by atoms with Gasteiger partial charge >= 0.3 is 0 Å². The Balaban J connectivity index is 1.73. The third-order valence-corrected chi connectivity index (χ3v) is 5.94. The average Bonchev–Trinajstić information content (AvgIpc) is 3.04. The van der Waals surface area contributed by atoms with Gasteiger partial charge in [0.2, 0.25) is 0 Å². The summed E-state index contributed by atoms with van der Waals surface area (Å²) in [6, 6.07) is 23.7. The molecule has 3 aromatic rings. The van der Waals surface area contributed by atoms with E-state index in [9.17, 15) is 9.59 Å². The molecule has 0 atom stereocenters. The van der Waals surface area contributed by atoms with Crippen LogP contribution in [0.15, 0.2) is 88.7 Å². The van der Waals surface area contributed by atoms with Gasteiger partial charge in [0.15, 0.2) is 0 Å². The van der Waals surface area contributed by atoms with Gasteiger partial charge in [-0.05, 0) is 67.9 Å². The molecule has 1 aliphatic heterocycles. The number of hydrogen-bond acceptors (Lipinski definition) is 5. The number of anilines is 1. The first-order chi connectivity index (χ1) is 15.5. The molecular weight excluding hydrogens is 422 g/mol. The maximum atomic E-state index is 13.5. The fraction of sp³-hybridized carbons (Fsp3) is 0.154. The molecule has 4 rings (SSSR count). The minimum Gasteiger partial charge on any atom is -0.497 e. The summed E-state index contributed by atoms with van der Waals surface area (Å²) >= 11 is 1.30. The minimum absolute atomic E-state index is 0.0353. The number of methoxy groups -OCH3 is 1. The summed E-state index contributed by atoms with van der Waals surface area (Å²) in [4.78, 5) is 29.5. The summed E-state index contributed by atoms with van der Waals surface area (Å²) in [5, 5.41) is 0. The second kappa shape index (κ2) is 9.32. The Morgan fingerprint density at radius 3 is 2.00 bits per heavy atom. The van der Waals surface area contributed by atoms with Gasteiger partial charge in [-0.25, -0.2) is 4.90 Å². The molecule has 0 unspecified atom stereocenters. The molecule has 0 fully saturated rings. The van der Waals surface area contributed by atoms with Crippen LogP contribution in [0.5, 0.6) is 11.5 Å². The van der Waals surface area contributed by atoms with Crippen molar-refractivity contribution in [2.45, 2.75) is 24.8 Å². The molecule has 0 spiro atoms. The Hall–Kier alpha value is -3.51. The molecule has 0 bridgehead atoms. The lowest BCUT2D eigenvalue weighted by Gasteiger charge is -2.16. The predicted molar refractivity (Wildman–Crippen MR) is 127 cm³/mol. The molecule has 3 aromatic carbocycles. The molecule has 1 aliphatic rings. The van der Waals surface area contributed by atoms with Crippen LogP contribution in [-0.2, 0) is 9.59 Å². The molecule has 0 saturated heterocycles. The molecule has 162 valence electrons. The van der Waals surface area contributed by atoms with E-state index < -0.39 is 0 Å². The van der Waals surface area contributed by atoms with E-state index >= 15 is 0 Å². The highest BCUT2D eigenvalue weighted by molar-refractivity contribution is 8.04. The zero-order chi connectivity index (χ0) is 22.7. The number of thioether (sulfide) groups is 1. The lowest BCUT2D eigenvalue weighted by Crippen LogP contribution is -2.31. The summed E-state index contributed by atoms with van der Waals surface area (Å²) in [5.74, 6) is 0.675. The van der Waals surface area contributed by atoms with Crippen LogP contribution in [0.25, 0.3) is 5.57 Å². The van der Waals surface area contributed by atoms with E-state index in [-0.39, 0.29) is 17.9 Å². The van der Waals surface area contributed by atoms with Crippen LogP contribution in [0.3, 0.4) is 0 Å². The van der Waals surface area contributed by atoms with E-state index in [2.05, 4.69) is 0 Å². The summed E-state index contributed by atoms with van der Waals surface area (Å²) in [6.07, 6.45) is 0.0353. The molecule has 6 heteroatoms. The molecule has 5 nitrogen and oxygen atoms in total. The summed E-state index contributed by atoms with van der Waals surface area (Å²) in [5.41, 5.74) is 1.56. The van der Waals surface area contributed by atoms with Crippen LogP contribution in [0.2, 0.25) is 0 Å². The summed E-state index contributed by atoms with van der Waals surface area (Å²) in [6.45, 7) is 3.89. The molecular formula is C26H23NO4S. The van der Waals surface area contributed by atoms with E-state index in [1.807, 2.05) is 44.2 Å². The van der Waals surface area contributed by atoms with Crippen molar-refractivity contribution in [2.75, 3.05) is 12.0 Å². The van der Waals surface area contributed by atoms with E-state index in [4.69, 9.17) is 9.47 Å². The number of carbonyl (C=O) groups excluding carboxylic acids is 2. The van der Waals surface area contributed by atoms with Gasteiger partial charge in [0, 0.05) is 4.90 Å². The number of benzene rings is 3. The molecule has 0 aliphatic carbocycles. The van der Waals surface area contributed by atoms with Crippen molar-refractivity contribution >= 4 is 34.8 Å². The van der Waals surface area contributed by atoms with Gasteiger partial charge < -0.3 is 9.47 Å². The Bertz CT molecular complexity index is 1150. The predicted octanol–water partition coefficient (Wildman–Crippen LogP) is 5.56. The highest BCUT2D eigenvalue weighted by atomic mass is 32.2. The first kappa shape index (κ1) is 21.7. The van der Waals surface area contributed by atoms with Gasteiger partial charge in [-0.3, -0.25) is 9.59 Å². The number of nitrogens with zero attached hydrogens (tertiary/aromatic N) is 1. The maximum Gasteiger partial charge on any atom is 0.272 e. The highest BCUT2D eigenvalue weighted by Crippen LogP contribution is 2.41. The Morgan fingerprint density at radius 2 is 1.41 bits per heavy atom. The van der Waals surface area contributed by atoms with Gasteiger partial charge in [-0.2, -0.15) is 0 Å². The summed E-state index contributed by atoms with van der Waals surface area (Å²) in [7, 11) is 1.59. The molecule has 0 N–H and O–H groups in total. The first-order valence-electron chi connectivity index (χ1n) is 10.2. The van der Waals surface area contributed by atoms with Crippen molar-refractivity contribution in [3.05, 3.63) is 89.3 Å². The van der Waals surface area contributed by atoms with Crippen molar-refractivity contribution in [3.63, 3.8) is 0 Å². The van der Waals surface area contributed by atoms with E-state index in [0.717, 1.165) is 4.90 Å². The van der Waals surface area contributed by atoms with E-state index in [1.165, 1.54) is 16.7 Å². The molecule has 32 heavy (non-hydrogen) atoms. The van der Waals surface area contributed by atoms with Crippen molar-refractivity contribution < 1.29 is 19.1 Å². The third kappa shape index (κ3) is 4.41. The van der Waals surface area contributed by atoms with Crippen LogP contribution >= 0.6 is 11.8 Å². The van der Waals surface area contributed by atoms with Crippen molar-refractivity contribution in [1.82, 2.24) is 0 Å². The largest absolute Gasteiger partial charge is 0.497 e. The van der Waals surface area contributed by atoms with Gasteiger partial charge in [0.1, 0.15) is 11.5 Å². The molecule has 0 aromatic heterocycles. The zero-order valence-electron chi connectivity index (χ0n) is 18.1. The molecule has 0 saturated carbocycles. The fourth-order valence-electron chi connectivity index (χ4n) is 3.40. The Morgan fingerprint density at radius 1 is 0.781 bits per heavy atom. The zero-order valence-corrected chi connectivity index (χ0v) is 18.9. The SMILES string of the molecule is COc1ccc(C2=C(Sc3ccccc3)C(=O)N(c3ccc(OC(C)C)cc3)C2=O)cc1. The maximum absolute atomic E-state index is 13.5. The number of rotatable bonds is 7. The Kier molecular flexibility index (Phi) is 6.32. The van der Waals surface area contributed by atoms with Crippen LogP contribution < -0.4 is 14.4 Å². The van der Waals surface area contributed by atoms with E-state index in [0.29, 0.717) is 33.2 Å². The third-order valence-electron chi connectivity index (χ3n) is 4.85. The van der Waals surface area contributed by atoms with Crippen molar-refractivity contribution in [2.24, 2.45) is 0 Å². The highest BCUT2D eigenvalue weighted by Gasteiger charge is 2.40. The lowest BCUT2D eigenvalue weighted by atomic mass is 10.1. The number of amides is 2. The van der Waals surface area contributed by atoms with Crippen LogP contribution in [0.4, 0.5) is 5.69 Å². The monoisotopic (exact) mass is 445 g/mol. The standard InChI is InChI=1S/C26H23NO4S/c1-17(2)31-21-15-11-19(12-16-21)27-25(28)23(18-9-13-20(30-3)14-10-18)24(26(27)29)32-22-7-5-4-6-8-22/h4-17H,1-3H3.